The molecule has 5 nitrogen and oxygen atoms in total. The lowest BCUT2D eigenvalue weighted by molar-refractivity contribution is -0.303. The van der Waals surface area contributed by atoms with Crippen LogP contribution in [-0.4, -0.2) is 49.2 Å². The quantitative estimate of drug-likeness (QED) is 0.772. The van der Waals surface area contributed by atoms with Gasteiger partial charge in [-0.2, -0.15) is 0 Å². The van der Waals surface area contributed by atoms with Crippen LogP contribution in [0.3, 0.4) is 0 Å². The number of rotatable bonds is 3. The number of hydrogen-bond acceptors (Lipinski definition) is 5. The van der Waals surface area contributed by atoms with Gasteiger partial charge in [-0.15, -0.1) is 0 Å². The summed E-state index contributed by atoms with van der Waals surface area (Å²) in [5.74, 6) is 1.77. The number of piperidine rings is 1. The lowest BCUT2D eigenvalue weighted by atomic mass is 9.33. The average Bonchev–Trinajstić information content (AvgIpc) is 3.09. The first-order chi connectivity index (χ1) is 14.6. The Kier molecular flexibility index (Phi) is 3.79. The van der Waals surface area contributed by atoms with Gasteiger partial charge in [-0.25, -0.2) is 0 Å². The number of ether oxygens (including phenoxy) is 3. The van der Waals surface area contributed by atoms with E-state index in [1.54, 1.807) is 7.11 Å². The van der Waals surface area contributed by atoms with Crippen LogP contribution in [0.15, 0.2) is 12.1 Å². The SMILES string of the molecule is COc1ccc2c3c1OC1[C@@]4(OC)CC[C@@]5(C[C@@H]4[C@@](C)(O)C(C)(C)C)C(C2)NCC[C@]315. The van der Waals surface area contributed by atoms with E-state index in [9.17, 15) is 5.11 Å². The van der Waals surface area contributed by atoms with Crippen molar-refractivity contribution in [1.82, 2.24) is 5.32 Å². The van der Waals surface area contributed by atoms with E-state index in [4.69, 9.17) is 14.2 Å². The first kappa shape index (κ1) is 20.3. The van der Waals surface area contributed by atoms with Crippen molar-refractivity contribution in [2.45, 2.75) is 88.6 Å². The van der Waals surface area contributed by atoms with E-state index in [1.165, 1.54) is 11.1 Å². The number of hydrogen-bond donors (Lipinski definition) is 2. The van der Waals surface area contributed by atoms with Gasteiger partial charge in [0.2, 0.25) is 0 Å². The van der Waals surface area contributed by atoms with Crippen molar-refractivity contribution in [2.75, 3.05) is 20.8 Å². The lowest BCUT2D eigenvalue weighted by Gasteiger charge is -2.74. The van der Waals surface area contributed by atoms with Crippen LogP contribution in [0.1, 0.15) is 64.5 Å². The molecular formula is C26H37NO4. The van der Waals surface area contributed by atoms with E-state index < -0.39 is 11.2 Å². The molecule has 5 heteroatoms. The molecule has 0 aromatic heterocycles. The Morgan fingerprint density at radius 3 is 2.58 bits per heavy atom. The molecule has 1 aromatic carbocycles. The second kappa shape index (κ2) is 5.78. The zero-order valence-corrected chi connectivity index (χ0v) is 19.8. The van der Waals surface area contributed by atoms with E-state index >= 15 is 0 Å². The molecule has 2 spiro atoms. The zero-order valence-electron chi connectivity index (χ0n) is 19.8. The van der Waals surface area contributed by atoms with Crippen LogP contribution in [0.2, 0.25) is 0 Å². The second-order valence-corrected chi connectivity index (χ2v) is 12.0. The topological polar surface area (TPSA) is 60.0 Å². The molecule has 31 heavy (non-hydrogen) atoms. The summed E-state index contributed by atoms with van der Waals surface area (Å²) in [6, 6.07) is 4.73. The van der Waals surface area contributed by atoms with Crippen molar-refractivity contribution in [3.8, 4) is 11.5 Å². The van der Waals surface area contributed by atoms with Crippen LogP contribution in [0, 0.1) is 16.7 Å². The molecule has 2 unspecified atom stereocenters. The van der Waals surface area contributed by atoms with Crippen LogP contribution < -0.4 is 14.8 Å². The molecule has 7 rings (SSSR count). The van der Waals surface area contributed by atoms with Gasteiger partial charge in [-0.1, -0.05) is 26.8 Å². The Labute approximate surface area is 185 Å². The first-order valence-electron chi connectivity index (χ1n) is 12.0. The Morgan fingerprint density at radius 1 is 1.13 bits per heavy atom. The van der Waals surface area contributed by atoms with Crippen molar-refractivity contribution < 1.29 is 19.3 Å². The van der Waals surface area contributed by atoms with Crippen LogP contribution in [0.5, 0.6) is 11.5 Å². The summed E-state index contributed by atoms with van der Waals surface area (Å²) >= 11 is 0. The maximum absolute atomic E-state index is 12.0. The van der Waals surface area contributed by atoms with Gasteiger partial charge < -0.3 is 24.6 Å². The monoisotopic (exact) mass is 427 g/mol. The molecule has 170 valence electrons. The van der Waals surface area contributed by atoms with E-state index in [0.29, 0.717) is 6.04 Å². The summed E-state index contributed by atoms with van der Waals surface area (Å²) < 4.78 is 19.3. The highest BCUT2D eigenvalue weighted by atomic mass is 16.6. The highest BCUT2D eigenvalue weighted by Gasteiger charge is 2.81. The molecule has 1 saturated heterocycles. The van der Waals surface area contributed by atoms with Gasteiger partial charge in [0.05, 0.1) is 12.7 Å². The minimum Gasteiger partial charge on any atom is -0.493 e. The molecular weight excluding hydrogens is 390 g/mol. The summed E-state index contributed by atoms with van der Waals surface area (Å²) in [6.45, 7) is 9.48. The van der Waals surface area contributed by atoms with Crippen molar-refractivity contribution >= 4 is 0 Å². The lowest BCUT2D eigenvalue weighted by Crippen LogP contribution is -2.83. The fraction of sp³-hybridized carbons (Fsp3) is 0.769. The number of fused-ring (bicyclic) bond motifs is 2. The zero-order chi connectivity index (χ0) is 22.0. The molecule has 6 aliphatic rings. The highest BCUT2D eigenvalue weighted by Crippen LogP contribution is 2.77. The van der Waals surface area contributed by atoms with Gasteiger partial charge in [0, 0.05) is 35.5 Å². The Hall–Kier alpha value is -1.30. The maximum Gasteiger partial charge on any atom is 0.165 e. The average molecular weight is 428 g/mol. The molecule has 3 saturated carbocycles. The maximum atomic E-state index is 12.0. The number of methoxy groups -OCH3 is 2. The second-order valence-electron chi connectivity index (χ2n) is 12.0. The Bertz CT molecular complexity index is 951. The first-order valence-corrected chi connectivity index (χ1v) is 12.0. The highest BCUT2D eigenvalue weighted by molar-refractivity contribution is 5.63. The van der Waals surface area contributed by atoms with Gasteiger partial charge in [-0.05, 0) is 62.6 Å². The normalized spacial score (nSPS) is 43.8. The summed E-state index contributed by atoms with van der Waals surface area (Å²) in [6.07, 6.45) is 4.99. The Morgan fingerprint density at radius 2 is 1.90 bits per heavy atom. The molecule has 0 radical (unpaired) electrons. The fourth-order valence-electron chi connectivity index (χ4n) is 8.68. The molecule has 4 bridgehead atoms. The summed E-state index contributed by atoms with van der Waals surface area (Å²) in [5, 5.41) is 15.9. The summed E-state index contributed by atoms with van der Waals surface area (Å²) in [5.41, 5.74) is 1.13. The van der Waals surface area contributed by atoms with Gasteiger partial charge in [0.15, 0.2) is 11.5 Å². The van der Waals surface area contributed by atoms with E-state index in [2.05, 4.69) is 38.2 Å². The van der Waals surface area contributed by atoms with Crippen molar-refractivity contribution in [3.63, 3.8) is 0 Å². The van der Waals surface area contributed by atoms with E-state index in [-0.39, 0.29) is 28.3 Å². The van der Waals surface area contributed by atoms with E-state index in [1.807, 2.05) is 14.0 Å². The van der Waals surface area contributed by atoms with Crippen LogP contribution in [0.4, 0.5) is 0 Å². The molecule has 0 amide bonds. The standard InChI is InChI=1S/C26H37NO4/c1-22(2,3)23(4,28)17-14-24-9-10-26(17,30-6)21-25(24)11-12-27-18(24)13-15-7-8-16(29-5)20(31-21)19(15)25/h7-8,17-18,21,27-28H,9-14H2,1-6H3/t17-,18?,21?,23-,24-,25+,26-/m1/s1. The molecule has 7 atom stereocenters. The smallest absolute Gasteiger partial charge is 0.165 e. The molecule has 4 fully saturated rings. The number of aliphatic hydroxyl groups is 1. The number of benzene rings is 1. The molecule has 2 N–H and O–H groups in total. The number of nitrogens with one attached hydrogen (secondary N) is 1. The van der Waals surface area contributed by atoms with Crippen LogP contribution in [-0.2, 0) is 16.6 Å². The van der Waals surface area contributed by atoms with Crippen molar-refractivity contribution in [3.05, 3.63) is 23.3 Å². The molecule has 1 aromatic rings. The van der Waals surface area contributed by atoms with Gasteiger partial charge >= 0.3 is 0 Å². The van der Waals surface area contributed by atoms with Crippen LogP contribution >= 0.6 is 0 Å². The molecule has 2 aliphatic heterocycles. The molecule has 2 heterocycles. The minimum atomic E-state index is -0.880. The summed E-state index contributed by atoms with van der Waals surface area (Å²) in [4.78, 5) is 0. The summed E-state index contributed by atoms with van der Waals surface area (Å²) in [7, 11) is 3.57. The fourth-order valence-corrected chi connectivity index (χ4v) is 8.68. The van der Waals surface area contributed by atoms with Gasteiger partial charge in [0.1, 0.15) is 11.7 Å². The van der Waals surface area contributed by atoms with Gasteiger partial charge in [0.25, 0.3) is 0 Å². The van der Waals surface area contributed by atoms with Crippen molar-refractivity contribution in [2.24, 2.45) is 16.7 Å². The van der Waals surface area contributed by atoms with Crippen LogP contribution in [0.25, 0.3) is 0 Å². The van der Waals surface area contributed by atoms with Gasteiger partial charge in [-0.3, -0.25) is 0 Å². The largest absolute Gasteiger partial charge is 0.493 e. The predicted octanol–water partition coefficient (Wildman–Crippen LogP) is 3.59. The van der Waals surface area contributed by atoms with Crippen molar-refractivity contribution in [1.29, 1.82) is 0 Å². The predicted molar refractivity (Wildman–Crippen MR) is 119 cm³/mol. The minimum absolute atomic E-state index is 0.00105. The third kappa shape index (κ3) is 1.98. The third-order valence-corrected chi connectivity index (χ3v) is 10.6. The molecule has 4 aliphatic carbocycles. The third-order valence-electron chi connectivity index (χ3n) is 10.6. The Balaban J connectivity index is 1.64. The van der Waals surface area contributed by atoms with E-state index in [0.717, 1.165) is 50.1 Å².